The van der Waals surface area contributed by atoms with Crippen LogP contribution in [0.25, 0.3) is 5.76 Å². The fourth-order valence-electron chi connectivity index (χ4n) is 4.58. The molecule has 37 heavy (non-hydrogen) atoms. The van der Waals surface area contributed by atoms with E-state index in [0.29, 0.717) is 17.9 Å². The number of aliphatic hydroxyl groups excluding tert-OH is 1. The summed E-state index contributed by atoms with van der Waals surface area (Å²) in [6, 6.07) is 11.4. The van der Waals surface area contributed by atoms with Crippen LogP contribution in [0, 0.1) is 5.92 Å². The number of carbonyl (C=O) groups excluding carboxylic acids is 1. The number of Topliss-reactive ketones (excluding diaryl/α,β-unsaturated/α-hetero) is 1. The van der Waals surface area contributed by atoms with Crippen molar-refractivity contribution < 1.29 is 27.4 Å². The first kappa shape index (κ1) is 29.7. The summed E-state index contributed by atoms with van der Waals surface area (Å²) < 4.78 is 51.3. The third-order valence-electron chi connectivity index (χ3n) is 6.86. The predicted molar refractivity (Wildman–Crippen MR) is 151 cm³/mol. The zero-order valence-corrected chi connectivity index (χ0v) is 22.2. The number of anilines is 2. The van der Waals surface area contributed by atoms with Gasteiger partial charge in [-0.15, -0.1) is 4.40 Å². The van der Waals surface area contributed by atoms with Gasteiger partial charge in [0.1, 0.15) is 16.2 Å². The second-order valence-electron chi connectivity index (χ2n) is 9.65. The molecule has 2 aromatic rings. The van der Waals surface area contributed by atoms with Gasteiger partial charge >= 0.3 is 29.6 Å². The molecule has 0 radical (unpaired) electrons. The zero-order valence-electron chi connectivity index (χ0n) is 20.6. The Morgan fingerprint density at radius 1 is 1.19 bits per heavy atom. The van der Waals surface area contributed by atoms with Gasteiger partial charge in [0.25, 0.3) is 0 Å². The molecular weight excluding hydrogens is 525 g/mol. The van der Waals surface area contributed by atoms with Crippen molar-refractivity contribution in [2.24, 2.45) is 10.3 Å². The molecule has 0 saturated heterocycles. The van der Waals surface area contributed by atoms with E-state index in [2.05, 4.69) is 28.3 Å². The predicted octanol–water partition coefficient (Wildman–Crippen LogP) is 4.89. The molecule has 0 bridgehead atoms. The number of fused-ring (bicyclic) bond motifs is 2. The number of hydrogen-bond acceptors (Lipinski definition) is 8. The van der Waals surface area contributed by atoms with Crippen LogP contribution in [-0.4, -0.2) is 70.1 Å². The number of amidine groups is 1. The van der Waals surface area contributed by atoms with Crippen molar-refractivity contribution in [3.05, 3.63) is 59.2 Å². The monoisotopic (exact) mass is 557 g/mol. The Balaban J connectivity index is 0.00000380. The van der Waals surface area contributed by atoms with Gasteiger partial charge in [0, 0.05) is 5.56 Å². The topological polar surface area (TPSA) is 148 Å². The van der Waals surface area contributed by atoms with E-state index in [1.54, 1.807) is 12.1 Å². The summed E-state index contributed by atoms with van der Waals surface area (Å²) in [6.07, 6.45) is 3.31. The van der Waals surface area contributed by atoms with Crippen LogP contribution in [0.2, 0.25) is 0 Å². The maximum atomic E-state index is 14.0. The van der Waals surface area contributed by atoms with Crippen LogP contribution in [0.1, 0.15) is 51.2 Å². The molecule has 0 amide bonds. The summed E-state index contributed by atoms with van der Waals surface area (Å²) >= 11 is 0. The van der Waals surface area contributed by atoms with Crippen molar-refractivity contribution in [2.45, 2.75) is 50.3 Å². The van der Waals surface area contributed by atoms with E-state index in [4.69, 9.17) is 0 Å². The first-order valence-electron chi connectivity index (χ1n) is 11.6. The van der Waals surface area contributed by atoms with Crippen LogP contribution in [0.4, 0.5) is 11.4 Å². The molecule has 5 N–H and O–H groups in total. The second kappa shape index (κ2) is 10.7. The molecule has 9 nitrogen and oxygen atoms in total. The van der Waals surface area contributed by atoms with Gasteiger partial charge in [-0.1, -0.05) is 55.3 Å². The third-order valence-corrected chi connectivity index (χ3v) is 8.84. The Hall–Kier alpha value is -1.86. The van der Waals surface area contributed by atoms with Gasteiger partial charge in [-0.05, 0) is 49.4 Å². The molecule has 2 aliphatic rings. The Kier molecular flexibility index (Phi) is 8.60. The molecule has 4 rings (SSSR count). The van der Waals surface area contributed by atoms with Crippen LogP contribution in [-0.2, 0) is 20.2 Å². The molecule has 2 aromatic carbocycles. The van der Waals surface area contributed by atoms with Crippen LogP contribution in [0.3, 0.4) is 0 Å². The van der Waals surface area contributed by atoms with Crippen molar-refractivity contribution in [1.82, 2.24) is 0 Å². The quantitative estimate of drug-likeness (QED) is 0.304. The summed E-state index contributed by atoms with van der Waals surface area (Å²) in [5.41, 5.74) is 0.548. The number of hydrogen-bond donors (Lipinski definition) is 5. The van der Waals surface area contributed by atoms with Crippen molar-refractivity contribution in [2.75, 3.05) is 16.3 Å². The molecule has 1 unspecified atom stereocenters. The summed E-state index contributed by atoms with van der Waals surface area (Å²) in [7, 11) is -7.40. The van der Waals surface area contributed by atoms with Crippen LogP contribution < -0.4 is 10.0 Å². The molecular formula is C25H32N3NaO6S2. The molecule has 1 aliphatic carbocycles. The number of carbonyl (C=O) groups is 1. The third kappa shape index (κ3) is 5.78. The average Bonchev–Trinajstić information content (AvgIpc) is 2.80. The molecule has 0 spiro atoms. The number of aliphatic hydroxyl groups is 1. The van der Waals surface area contributed by atoms with Gasteiger partial charge in [-0.3, -0.25) is 18.6 Å². The first-order valence-corrected chi connectivity index (χ1v) is 15.0. The van der Waals surface area contributed by atoms with Crippen molar-refractivity contribution >= 4 is 79.1 Å². The summed E-state index contributed by atoms with van der Waals surface area (Å²) in [6.45, 7) is 6.07. The summed E-state index contributed by atoms with van der Waals surface area (Å²) in [5, 5.41) is 14.1. The van der Waals surface area contributed by atoms with E-state index in [1.165, 1.54) is 18.2 Å². The minimum absolute atomic E-state index is 0. The van der Waals surface area contributed by atoms with Crippen molar-refractivity contribution in [1.29, 1.82) is 0 Å². The van der Waals surface area contributed by atoms with E-state index < -0.39 is 26.2 Å². The van der Waals surface area contributed by atoms with Gasteiger partial charge in [-0.25, -0.2) is 8.42 Å². The molecule has 196 valence electrons. The number of sulfonamides is 1. The summed E-state index contributed by atoms with van der Waals surface area (Å²) in [5.74, 6) is -0.374. The Morgan fingerprint density at radius 2 is 1.86 bits per heavy atom. The van der Waals surface area contributed by atoms with Crippen molar-refractivity contribution in [3.63, 3.8) is 0 Å². The van der Waals surface area contributed by atoms with Gasteiger partial charge in [0.15, 0.2) is 11.6 Å². The van der Waals surface area contributed by atoms with Crippen LogP contribution in [0.5, 0.6) is 0 Å². The zero-order chi connectivity index (χ0) is 26.5. The fraction of sp³-hybridized carbons (Fsp3) is 0.360. The maximum absolute atomic E-state index is 14.0. The molecule has 0 aromatic heterocycles. The first-order chi connectivity index (χ1) is 16.8. The van der Waals surface area contributed by atoms with Gasteiger partial charge in [0.2, 0.25) is 10.0 Å². The van der Waals surface area contributed by atoms with E-state index in [0.717, 1.165) is 24.7 Å². The number of nitrogens with one attached hydrogen (secondary N) is 2. The average molecular weight is 558 g/mol. The molecule has 0 fully saturated rings. The van der Waals surface area contributed by atoms with Crippen molar-refractivity contribution in [3.8, 4) is 0 Å². The minimum atomic E-state index is -3.82. The normalized spacial score (nSPS) is 22.0. The number of rotatable bonds is 7. The Morgan fingerprint density at radius 3 is 2.51 bits per heavy atom. The molecule has 12 heteroatoms. The van der Waals surface area contributed by atoms with E-state index in [1.807, 2.05) is 19.1 Å². The van der Waals surface area contributed by atoms with Gasteiger partial charge < -0.3 is 10.4 Å². The van der Waals surface area contributed by atoms with E-state index in [9.17, 15) is 27.4 Å². The molecule has 0 saturated carbocycles. The van der Waals surface area contributed by atoms with Crippen LogP contribution in [0.15, 0.2) is 57.3 Å². The fourth-order valence-corrected chi connectivity index (χ4v) is 6.33. The van der Waals surface area contributed by atoms with E-state index in [-0.39, 0.29) is 68.8 Å². The summed E-state index contributed by atoms with van der Waals surface area (Å²) in [4.78, 5) is 14.0. The molecule has 2 atom stereocenters. The van der Waals surface area contributed by atoms with E-state index >= 15 is 0 Å². The van der Waals surface area contributed by atoms with Gasteiger partial charge in [0.05, 0.1) is 23.0 Å². The van der Waals surface area contributed by atoms with Gasteiger partial charge in [-0.2, -0.15) is 0 Å². The number of ketones is 1. The number of nitrogens with zero attached hydrogens (tertiary/aromatic N) is 1. The van der Waals surface area contributed by atoms with Crippen LogP contribution >= 0.6 is 10.8 Å². The SMILES string of the molecule is CC[C@H](C)CCC1(C)C(=O)C(C2=NS(O)(O)c3cc(NS(C)(=O)=O)ccc3N2)=C(O)c2ccccc21.[NaH]. The Labute approximate surface area is 241 Å². The number of benzene rings is 2. The molecule has 1 aliphatic heterocycles. The Bertz CT molecular complexity index is 1410. The molecule has 1 heterocycles. The standard InChI is InChI=1S/C25H31N3O6S2.Na.H/c1-5-15(2)12-13-25(3)18-9-7-6-8-17(18)22(29)21(23(25)30)24-26-19-11-10-16(27-35(4,31)32)14-20(19)36(33,34)28-24;;/h6-11,14-15,27,29,33-34H,5,12-13H2,1-4H3,(H,26,28);;/t15-,25?;;/m0../s1. The second-order valence-corrected chi connectivity index (χ2v) is 13.1.